The Morgan fingerprint density at radius 3 is 1.17 bits per heavy atom. The van der Waals surface area contributed by atoms with E-state index in [1.165, 1.54) is 128 Å². The number of carbonyl (C=O) groups is 2. The van der Waals surface area contributed by atoms with Gasteiger partial charge in [0.1, 0.15) is 0 Å². The van der Waals surface area contributed by atoms with E-state index >= 15 is 0 Å². The second-order valence-electron chi connectivity index (χ2n) is 13.2. The predicted octanol–water partition coefficient (Wildman–Crippen LogP) is 12.2. The van der Waals surface area contributed by atoms with Crippen molar-refractivity contribution < 1.29 is 19.8 Å². The largest absolute Gasteiger partial charge is 0.481 e. The van der Waals surface area contributed by atoms with E-state index in [0.717, 1.165) is 38.5 Å². The van der Waals surface area contributed by atoms with Gasteiger partial charge in [-0.05, 0) is 43.4 Å². The van der Waals surface area contributed by atoms with Crippen LogP contribution in [0.5, 0.6) is 0 Å². The first kappa shape index (κ1) is 39.9. The molecule has 0 spiro atoms. The van der Waals surface area contributed by atoms with Crippen molar-refractivity contribution in [1.29, 1.82) is 0 Å². The Morgan fingerprint density at radius 2 is 0.854 bits per heavy atom. The van der Waals surface area contributed by atoms with Gasteiger partial charge in [-0.25, -0.2) is 0 Å². The molecule has 0 aromatic carbocycles. The summed E-state index contributed by atoms with van der Waals surface area (Å²) < 4.78 is 0. The summed E-state index contributed by atoms with van der Waals surface area (Å²) in [7, 11) is 0. The molecule has 0 amide bonds. The highest BCUT2D eigenvalue weighted by Gasteiger charge is 2.31. The number of aliphatic carboxylic acids is 2. The number of unbranched alkanes of at least 4 members (excludes halogenated alkanes) is 16. The topological polar surface area (TPSA) is 74.6 Å². The van der Waals surface area contributed by atoms with Crippen LogP contribution in [0, 0.1) is 23.7 Å². The molecule has 0 saturated carbocycles. The standard InChI is InChI=1S/C37H72O4/c1-5-9-26-32(7-3)30-34(31-33(8-4)27-10-6-2)35(37(40)41)28-24-22-20-18-16-14-12-11-13-15-17-19-21-23-25-29-36(38)39/h32-35H,5-31H2,1-4H3,(H,38,39)(H,40,41). The van der Waals surface area contributed by atoms with Crippen molar-refractivity contribution in [1.82, 2.24) is 0 Å². The molecule has 0 fully saturated rings. The second-order valence-corrected chi connectivity index (χ2v) is 13.2. The SMILES string of the molecule is CCCCC(CC)CC(CC(CC)CCCC)C(CCCCCCCCCCCCCCCCCC(=O)O)C(=O)O. The molecular weight excluding hydrogens is 508 g/mol. The van der Waals surface area contributed by atoms with Crippen LogP contribution in [-0.2, 0) is 9.59 Å². The zero-order valence-electron chi connectivity index (χ0n) is 28.1. The van der Waals surface area contributed by atoms with Gasteiger partial charge in [0.25, 0.3) is 0 Å². The monoisotopic (exact) mass is 581 g/mol. The van der Waals surface area contributed by atoms with E-state index < -0.39 is 11.9 Å². The predicted molar refractivity (Wildman–Crippen MR) is 177 cm³/mol. The van der Waals surface area contributed by atoms with E-state index in [-0.39, 0.29) is 5.92 Å². The molecule has 3 unspecified atom stereocenters. The first-order valence-electron chi connectivity index (χ1n) is 18.3. The zero-order chi connectivity index (χ0) is 30.6. The summed E-state index contributed by atoms with van der Waals surface area (Å²) in [4.78, 5) is 23.0. The maximum absolute atomic E-state index is 12.5. The normalized spacial score (nSPS) is 14.5. The molecule has 0 aliphatic rings. The Balaban J connectivity index is 4.27. The minimum absolute atomic E-state index is 0.161. The number of carboxylic acid groups (broad SMARTS) is 2. The number of hydrogen-bond acceptors (Lipinski definition) is 2. The molecule has 0 aliphatic heterocycles. The zero-order valence-corrected chi connectivity index (χ0v) is 28.1. The van der Waals surface area contributed by atoms with Crippen LogP contribution >= 0.6 is 0 Å². The summed E-state index contributed by atoms with van der Waals surface area (Å²) in [6, 6.07) is 0. The maximum atomic E-state index is 12.5. The van der Waals surface area contributed by atoms with Crippen molar-refractivity contribution in [2.24, 2.45) is 23.7 Å². The van der Waals surface area contributed by atoms with Crippen molar-refractivity contribution in [3.63, 3.8) is 0 Å². The lowest BCUT2D eigenvalue weighted by Gasteiger charge is -2.31. The smallest absolute Gasteiger partial charge is 0.306 e. The van der Waals surface area contributed by atoms with Gasteiger partial charge >= 0.3 is 11.9 Å². The molecule has 244 valence electrons. The summed E-state index contributed by atoms with van der Waals surface area (Å²) in [6.07, 6.45) is 31.7. The van der Waals surface area contributed by atoms with Crippen molar-refractivity contribution in [2.45, 2.75) is 201 Å². The molecule has 0 aromatic heterocycles. The van der Waals surface area contributed by atoms with Crippen LogP contribution in [0.3, 0.4) is 0 Å². The van der Waals surface area contributed by atoms with Crippen molar-refractivity contribution >= 4 is 11.9 Å². The first-order chi connectivity index (χ1) is 19.9. The molecule has 0 aromatic rings. The van der Waals surface area contributed by atoms with Gasteiger partial charge < -0.3 is 10.2 Å². The number of rotatable bonds is 32. The third-order valence-corrected chi connectivity index (χ3v) is 9.65. The highest BCUT2D eigenvalue weighted by Crippen LogP contribution is 2.36. The third kappa shape index (κ3) is 24.1. The van der Waals surface area contributed by atoms with Crippen molar-refractivity contribution in [2.75, 3.05) is 0 Å². The van der Waals surface area contributed by atoms with Gasteiger partial charge in [0.15, 0.2) is 0 Å². The lowest BCUT2D eigenvalue weighted by Crippen LogP contribution is -2.28. The summed E-state index contributed by atoms with van der Waals surface area (Å²) in [6.45, 7) is 9.14. The summed E-state index contributed by atoms with van der Waals surface area (Å²) >= 11 is 0. The Hall–Kier alpha value is -1.06. The summed E-state index contributed by atoms with van der Waals surface area (Å²) in [5.74, 6) is 0.335. The van der Waals surface area contributed by atoms with Gasteiger partial charge in [-0.2, -0.15) is 0 Å². The molecule has 0 aliphatic carbocycles. The molecule has 0 saturated heterocycles. The Morgan fingerprint density at radius 1 is 0.488 bits per heavy atom. The Bertz CT molecular complexity index is 571. The average molecular weight is 581 g/mol. The van der Waals surface area contributed by atoms with Gasteiger partial charge in [-0.15, -0.1) is 0 Å². The van der Waals surface area contributed by atoms with Crippen LogP contribution in [0.4, 0.5) is 0 Å². The molecule has 4 heteroatoms. The number of hydrogen-bond donors (Lipinski definition) is 2. The lowest BCUT2D eigenvalue weighted by molar-refractivity contribution is -0.144. The number of carboxylic acids is 2. The van der Waals surface area contributed by atoms with Crippen LogP contribution in [0.15, 0.2) is 0 Å². The van der Waals surface area contributed by atoms with Crippen LogP contribution in [0.1, 0.15) is 201 Å². The van der Waals surface area contributed by atoms with E-state index in [4.69, 9.17) is 5.11 Å². The first-order valence-corrected chi connectivity index (χ1v) is 18.3. The molecule has 3 atom stereocenters. The van der Waals surface area contributed by atoms with Gasteiger partial charge in [0.05, 0.1) is 5.92 Å². The van der Waals surface area contributed by atoms with Crippen LogP contribution in [0.2, 0.25) is 0 Å². The fourth-order valence-electron chi connectivity index (χ4n) is 6.74. The van der Waals surface area contributed by atoms with E-state index in [9.17, 15) is 14.7 Å². The molecule has 0 rings (SSSR count). The van der Waals surface area contributed by atoms with E-state index in [2.05, 4.69) is 27.7 Å². The van der Waals surface area contributed by atoms with Crippen LogP contribution < -0.4 is 0 Å². The van der Waals surface area contributed by atoms with Crippen LogP contribution in [0.25, 0.3) is 0 Å². The van der Waals surface area contributed by atoms with E-state index in [1.807, 2.05) is 0 Å². The summed E-state index contributed by atoms with van der Waals surface area (Å²) in [5, 5.41) is 19.0. The van der Waals surface area contributed by atoms with Crippen molar-refractivity contribution in [3.8, 4) is 0 Å². The highest BCUT2D eigenvalue weighted by molar-refractivity contribution is 5.70. The highest BCUT2D eigenvalue weighted by atomic mass is 16.4. The van der Waals surface area contributed by atoms with Gasteiger partial charge in [0, 0.05) is 6.42 Å². The Kier molecular flexibility index (Phi) is 28.3. The summed E-state index contributed by atoms with van der Waals surface area (Å²) in [5.41, 5.74) is 0. The van der Waals surface area contributed by atoms with Gasteiger partial charge in [-0.3, -0.25) is 9.59 Å². The van der Waals surface area contributed by atoms with Gasteiger partial charge in [-0.1, -0.05) is 169 Å². The fraction of sp³-hybridized carbons (Fsp3) is 0.946. The maximum Gasteiger partial charge on any atom is 0.306 e. The molecular formula is C37H72O4. The van der Waals surface area contributed by atoms with Crippen molar-refractivity contribution in [3.05, 3.63) is 0 Å². The molecule has 2 N–H and O–H groups in total. The molecule has 0 bridgehead atoms. The molecule has 4 nitrogen and oxygen atoms in total. The molecule has 0 heterocycles. The fourth-order valence-corrected chi connectivity index (χ4v) is 6.74. The molecule has 0 radical (unpaired) electrons. The van der Waals surface area contributed by atoms with E-state index in [1.54, 1.807) is 0 Å². The minimum atomic E-state index is -0.669. The second kappa shape index (κ2) is 29.0. The van der Waals surface area contributed by atoms with E-state index in [0.29, 0.717) is 24.2 Å². The minimum Gasteiger partial charge on any atom is -0.481 e. The van der Waals surface area contributed by atoms with Gasteiger partial charge in [0.2, 0.25) is 0 Å². The Labute approximate surface area is 256 Å². The quantitative estimate of drug-likeness (QED) is 0.0776. The van der Waals surface area contributed by atoms with Crippen LogP contribution in [-0.4, -0.2) is 22.2 Å². The molecule has 41 heavy (non-hydrogen) atoms. The average Bonchev–Trinajstić information content (AvgIpc) is 2.95. The third-order valence-electron chi connectivity index (χ3n) is 9.65. The lowest BCUT2D eigenvalue weighted by atomic mass is 9.74.